The fourth-order valence-corrected chi connectivity index (χ4v) is 7.75. The van der Waals surface area contributed by atoms with Crippen molar-refractivity contribution in [3.63, 3.8) is 0 Å². The van der Waals surface area contributed by atoms with Gasteiger partial charge in [0.2, 0.25) is 0 Å². The summed E-state index contributed by atoms with van der Waals surface area (Å²) in [6, 6.07) is 0. The first kappa shape index (κ1) is 36.7. The minimum Gasteiger partial charge on any atom is -0.463 e. The minimum atomic E-state index is -1.85. The Balaban J connectivity index is 1.41. The van der Waals surface area contributed by atoms with Crippen molar-refractivity contribution in [1.29, 1.82) is 0 Å². The number of rotatable bonds is 7. The Kier molecular flexibility index (Phi) is 11.8. The van der Waals surface area contributed by atoms with E-state index in [2.05, 4.69) is 0 Å². The minimum absolute atomic E-state index is 0.00376. The lowest BCUT2D eigenvalue weighted by Gasteiger charge is -2.51. The monoisotopic (exact) mass is 680 g/mol. The zero-order chi connectivity index (χ0) is 34.3. The van der Waals surface area contributed by atoms with Crippen LogP contribution in [0.15, 0.2) is 0 Å². The number of esters is 2. The fraction of sp³-hybridized carbons (Fsp3) is 0.933. The number of fused-ring (bicyclic) bond motifs is 1. The quantitative estimate of drug-likeness (QED) is 0.114. The van der Waals surface area contributed by atoms with Crippen LogP contribution in [0.4, 0.5) is 0 Å². The van der Waals surface area contributed by atoms with Crippen molar-refractivity contribution in [2.24, 2.45) is 17.8 Å². The van der Waals surface area contributed by atoms with Gasteiger partial charge in [-0.3, -0.25) is 9.59 Å². The van der Waals surface area contributed by atoms with E-state index in [0.29, 0.717) is 0 Å². The maximum Gasteiger partial charge on any atom is 0.309 e. The summed E-state index contributed by atoms with van der Waals surface area (Å²) >= 11 is 0. The van der Waals surface area contributed by atoms with E-state index in [-0.39, 0.29) is 44.9 Å². The molecule has 0 aromatic carbocycles. The predicted octanol–water partition coefficient (Wildman–Crippen LogP) is -4.43. The highest BCUT2D eigenvalue weighted by Crippen LogP contribution is 2.44. The van der Waals surface area contributed by atoms with Crippen molar-refractivity contribution in [2.75, 3.05) is 6.61 Å². The molecular weight excluding hydrogens is 632 g/mol. The molecule has 0 aromatic heterocycles. The molecule has 5 rings (SSSR count). The topological polar surface area (TPSA) is 283 Å². The smallest absolute Gasteiger partial charge is 0.309 e. The van der Waals surface area contributed by atoms with Crippen LogP contribution < -0.4 is 0 Å². The summed E-state index contributed by atoms with van der Waals surface area (Å²) in [4.78, 5) is 24.8. The summed E-state index contributed by atoms with van der Waals surface area (Å²) in [7, 11) is 0. The van der Waals surface area contributed by atoms with E-state index in [4.69, 9.17) is 23.7 Å². The van der Waals surface area contributed by atoms with E-state index in [9.17, 15) is 60.7 Å². The number of carbonyl (C=O) groups is 2. The standard InChI is InChI=1S/C30H48O17/c1-10(31)43-9-22-25(40)26(41)28(47-29(42)12-4-18(36)24(39)19(37)5-12)30(46-22)45-21-8-14-15(33)6-13(32)7-20(14)44-27(21)11-2-16(34)23(38)17(35)3-11/h11-28,30,32-41H,2-9H2,1H3. The van der Waals surface area contributed by atoms with Gasteiger partial charge in [-0.05, 0) is 50.9 Å². The number of hydrogen-bond acceptors (Lipinski definition) is 17. The second-order valence-electron chi connectivity index (χ2n) is 13.8. The summed E-state index contributed by atoms with van der Waals surface area (Å²) in [5, 5.41) is 104. The molecule has 2 saturated heterocycles. The highest BCUT2D eigenvalue weighted by Gasteiger charge is 2.54. The molecule has 17 heteroatoms. The van der Waals surface area contributed by atoms with Crippen molar-refractivity contribution in [1.82, 2.24) is 0 Å². The Labute approximate surface area is 270 Å². The second-order valence-corrected chi connectivity index (χ2v) is 13.8. The van der Waals surface area contributed by atoms with Crippen LogP contribution in [0.1, 0.15) is 51.9 Å². The molecule has 47 heavy (non-hydrogen) atoms. The molecule has 0 amide bonds. The summed E-state index contributed by atoms with van der Waals surface area (Å²) < 4.78 is 29.3. The van der Waals surface area contributed by atoms with Crippen LogP contribution in [-0.4, -0.2) is 167 Å². The largest absolute Gasteiger partial charge is 0.463 e. The molecule has 3 saturated carbocycles. The molecule has 15 atom stereocenters. The Bertz CT molecular complexity index is 1060. The zero-order valence-electron chi connectivity index (χ0n) is 26.0. The molecule has 2 aliphatic heterocycles. The van der Waals surface area contributed by atoms with Gasteiger partial charge >= 0.3 is 11.9 Å². The first-order valence-corrected chi connectivity index (χ1v) is 16.2. The third kappa shape index (κ3) is 8.09. The molecule has 5 aliphatic rings. The summed E-state index contributed by atoms with van der Waals surface area (Å²) in [5.74, 6) is -3.91. The van der Waals surface area contributed by atoms with Gasteiger partial charge in [-0.15, -0.1) is 0 Å². The highest BCUT2D eigenvalue weighted by atomic mass is 16.7. The van der Waals surface area contributed by atoms with E-state index in [1.165, 1.54) is 0 Å². The maximum atomic E-state index is 13.3. The number of aliphatic hydroxyl groups excluding tert-OH is 10. The van der Waals surface area contributed by atoms with Crippen LogP contribution in [0.3, 0.4) is 0 Å². The Morgan fingerprint density at radius 2 is 1.28 bits per heavy atom. The van der Waals surface area contributed by atoms with Crippen molar-refractivity contribution < 1.29 is 84.3 Å². The van der Waals surface area contributed by atoms with Crippen LogP contribution in [-0.2, 0) is 33.3 Å². The Morgan fingerprint density at radius 1 is 0.681 bits per heavy atom. The molecule has 2 heterocycles. The summed E-state index contributed by atoms with van der Waals surface area (Å²) in [5.41, 5.74) is 0. The number of ether oxygens (including phenoxy) is 5. The molecule has 0 radical (unpaired) electrons. The van der Waals surface area contributed by atoms with Crippen LogP contribution in [0.25, 0.3) is 0 Å². The van der Waals surface area contributed by atoms with Gasteiger partial charge in [0.05, 0.1) is 60.9 Å². The van der Waals surface area contributed by atoms with Crippen LogP contribution in [0.2, 0.25) is 0 Å². The lowest BCUT2D eigenvalue weighted by molar-refractivity contribution is -0.336. The van der Waals surface area contributed by atoms with Crippen molar-refractivity contribution in [2.45, 2.75) is 150 Å². The molecular formula is C30H48O17. The van der Waals surface area contributed by atoms with Gasteiger partial charge in [-0.25, -0.2) is 0 Å². The van der Waals surface area contributed by atoms with E-state index in [0.717, 1.165) is 6.92 Å². The molecule has 0 aromatic rings. The molecule has 10 N–H and O–H groups in total. The van der Waals surface area contributed by atoms with E-state index in [1.54, 1.807) is 0 Å². The van der Waals surface area contributed by atoms with Crippen molar-refractivity contribution in [3.8, 4) is 0 Å². The van der Waals surface area contributed by atoms with Gasteiger partial charge in [0.15, 0.2) is 12.4 Å². The second kappa shape index (κ2) is 15.1. The number of hydrogen-bond donors (Lipinski definition) is 10. The van der Waals surface area contributed by atoms with Crippen molar-refractivity contribution in [3.05, 3.63) is 0 Å². The molecule has 3 aliphatic carbocycles. The van der Waals surface area contributed by atoms with Gasteiger partial charge in [0.25, 0.3) is 0 Å². The van der Waals surface area contributed by atoms with Crippen molar-refractivity contribution >= 4 is 11.9 Å². The van der Waals surface area contributed by atoms with Crippen LogP contribution in [0, 0.1) is 17.8 Å². The van der Waals surface area contributed by atoms with Gasteiger partial charge in [0.1, 0.15) is 37.1 Å². The van der Waals surface area contributed by atoms with Crippen LogP contribution in [0.5, 0.6) is 0 Å². The third-order valence-electron chi connectivity index (χ3n) is 10.4. The number of carbonyl (C=O) groups excluding carboxylic acids is 2. The Hall–Kier alpha value is -1.58. The normalized spacial score (nSPS) is 50.7. The van der Waals surface area contributed by atoms with E-state index in [1.807, 2.05) is 0 Å². The summed E-state index contributed by atoms with van der Waals surface area (Å²) in [6.07, 6.45) is -21.0. The molecule has 270 valence electrons. The molecule has 17 nitrogen and oxygen atoms in total. The third-order valence-corrected chi connectivity index (χ3v) is 10.4. The first-order chi connectivity index (χ1) is 22.1. The highest BCUT2D eigenvalue weighted by molar-refractivity contribution is 5.73. The average Bonchev–Trinajstić information content (AvgIpc) is 3.00. The Morgan fingerprint density at radius 3 is 1.87 bits per heavy atom. The number of aliphatic hydroxyl groups is 10. The molecule has 15 unspecified atom stereocenters. The average molecular weight is 681 g/mol. The van der Waals surface area contributed by atoms with Gasteiger partial charge < -0.3 is 74.7 Å². The predicted molar refractivity (Wildman–Crippen MR) is 152 cm³/mol. The first-order valence-electron chi connectivity index (χ1n) is 16.2. The molecule has 0 spiro atoms. The fourth-order valence-electron chi connectivity index (χ4n) is 7.75. The van der Waals surface area contributed by atoms with Gasteiger partial charge in [-0.2, -0.15) is 0 Å². The molecule has 5 fully saturated rings. The summed E-state index contributed by atoms with van der Waals surface area (Å²) in [6.45, 7) is 0.628. The molecule has 0 bridgehead atoms. The van der Waals surface area contributed by atoms with E-state index < -0.39 is 134 Å². The SMILES string of the molecule is CC(=O)OCC1OC(OC2CC3C(O)CC(O)CC3OC2C2CC(O)C(O)C(O)C2)C(OC(=O)C2CC(O)C(O)C(O)C2)C(O)C1O. The van der Waals surface area contributed by atoms with Gasteiger partial charge in [0, 0.05) is 12.8 Å². The van der Waals surface area contributed by atoms with E-state index >= 15 is 0 Å². The van der Waals surface area contributed by atoms with Crippen LogP contribution >= 0.6 is 0 Å². The van der Waals surface area contributed by atoms with Gasteiger partial charge in [-0.1, -0.05) is 0 Å². The lowest BCUT2D eigenvalue weighted by Crippen LogP contribution is -2.63. The lowest BCUT2D eigenvalue weighted by atomic mass is 9.72. The maximum absolute atomic E-state index is 13.3. The zero-order valence-corrected chi connectivity index (χ0v) is 26.0.